The minimum atomic E-state index is -0.114. The summed E-state index contributed by atoms with van der Waals surface area (Å²) in [7, 11) is 5.60. The highest BCUT2D eigenvalue weighted by molar-refractivity contribution is 5.76. The smallest absolute Gasteiger partial charge is 0.305 e. The van der Waals surface area contributed by atoms with E-state index in [4.69, 9.17) is 4.74 Å². The van der Waals surface area contributed by atoms with Crippen LogP contribution in [-0.4, -0.2) is 62.0 Å². The molecule has 0 N–H and O–H groups in total. The van der Waals surface area contributed by atoms with Crippen molar-refractivity contribution in [2.75, 3.05) is 34.3 Å². The van der Waals surface area contributed by atoms with Crippen LogP contribution in [0.4, 0.5) is 0 Å². The van der Waals surface area contributed by atoms with Gasteiger partial charge in [-0.2, -0.15) is 0 Å². The van der Waals surface area contributed by atoms with E-state index in [1.807, 2.05) is 6.08 Å². The fraction of sp³-hybridized carbons (Fsp3) is 0.871. The zero-order valence-electron chi connectivity index (χ0n) is 24.5. The summed E-state index contributed by atoms with van der Waals surface area (Å²) in [5.41, 5.74) is 0. The molecule has 0 aliphatic rings. The lowest BCUT2D eigenvalue weighted by molar-refractivity contribution is -0.140. The summed E-state index contributed by atoms with van der Waals surface area (Å²) < 4.78 is 4.75. The van der Waals surface area contributed by atoms with Crippen molar-refractivity contribution in [3.05, 3.63) is 12.7 Å². The normalized spacial score (nSPS) is 12.0. The van der Waals surface area contributed by atoms with Crippen LogP contribution in [0.25, 0.3) is 0 Å². The summed E-state index contributed by atoms with van der Waals surface area (Å²) in [6.45, 7) is 7.95. The first-order valence-corrected chi connectivity index (χ1v) is 15.1. The van der Waals surface area contributed by atoms with Crippen LogP contribution in [-0.2, 0) is 14.3 Å². The maximum Gasteiger partial charge on any atom is 0.305 e. The first kappa shape index (κ1) is 34.6. The molecule has 212 valence electrons. The molecule has 0 radical (unpaired) electrons. The van der Waals surface area contributed by atoms with Gasteiger partial charge in [-0.25, -0.2) is 0 Å². The number of ether oxygens (including phenoxy) is 1. The maximum absolute atomic E-state index is 13.3. The largest absolute Gasteiger partial charge is 0.469 e. The first-order valence-electron chi connectivity index (χ1n) is 15.1. The maximum atomic E-state index is 13.3. The van der Waals surface area contributed by atoms with Crippen molar-refractivity contribution in [2.24, 2.45) is 0 Å². The lowest BCUT2D eigenvalue weighted by Crippen LogP contribution is -2.41. The molecule has 36 heavy (non-hydrogen) atoms. The number of rotatable bonds is 26. The lowest BCUT2D eigenvalue weighted by Gasteiger charge is -2.33. The summed E-state index contributed by atoms with van der Waals surface area (Å²) in [4.78, 5) is 29.1. The third-order valence-electron chi connectivity index (χ3n) is 7.10. The van der Waals surface area contributed by atoms with Gasteiger partial charge in [-0.15, -0.1) is 6.58 Å². The van der Waals surface area contributed by atoms with Crippen LogP contribution in [0.1, 0.15) is 135 Å². The van der Waals surface area contributed by atoms with Crippen molar-refractivity contribution < 1.29 is 14.3 Å². The molecule has 0 spiro atoms. The highest BCUT2D eigenvalue weighted by Gasteiger charge is 2.22. The number of nitrogens with zero attached hydrogens (tertiary/aromatic N) is 2. The molecule has 0 aromatic rings. The third kappa shape index (κ3) is 20.8. The Morgan fingerprint density at radius 3 is 1.89 bits per heavy atom. The lowest BCUT2D eigenvalue weighted by atomic mass is 9.97. The molecule has 1 amide bonds. The van der Waals surface area contributed by atoms with Gasteiger partial charge in [-0.3, -0.25) is 9.59 Å². The Morgan fingerprint density at radius 2 is 1.33 bits per heavy atom. The van der Waals surface area contributed by atoms with Crippen molar-refractivity contribution in [1.29, 1.82) is 0 Å². The van der Waals surface area contributed by atoms with Crippen molar-refractivity contribution in [1.82, 2.24) is 9.80 Å². The number of carbonyl (C=O) groups excluding carboxylic acids is 2. The van der Waals surface area contributed by atoms with Crippen LogP contribution >= 0.6 is 0 Å². The Kier molecular flexibility index (Phi) is 24.3. The van der Waals surface area contributed by atoms with Gasteiger partial charge in [0.05, 0.1) is 7.11 Å². The first-order chi connectivity index (χ1) is 17.5. The Bertz CT molecular complexity index is 536. The van der Waals surface area contributed by atoms with Crippen molar-refractivity contribution in [3.8, 4) is 0 Å². The van der Waals surface area contributed by atoms with Gasteiger partial charge in [0.25, 0.3) is 0 Å². The SMILES string of the molecule is C=CCCCCN(C(=O)CCCN(C)C)C(CCCCCCCCCC)CCCCCCC(=O)OC. The average molecular weight is 509 g/mol. The molecule has 0 aliphatic carbocycles. The second-order valence-electron chi connectivity index (χ2n) is 10.7. The molecule has 0 aliphatic heterocycles. The van der Waals surface area contributed by atoms with E-state index >= 15 is 0 Å². The highest BCUT2D eigenvalue weighted by Crippen LogP contribution is 2.21. The Hall–Kier alpha value is -1.36. The summed E-state index contributed by atoms with van der Waals surface area (Å²) >= 11 is 0. The number of unbranched alkanes of at least 4 members (excludes halogenated alkanes) is 12. The zero-order valence-corrected chi connectivity index (χ0v) is 24.5. The number of carbonyl (C=O) groups is 2. The van der Waals surface area contributed by atoms with E-state index in [9.17, 15) is 9.59 Å². The average Bonchev–Trinajstić information content (AvgIpc) is 2.86. The Labute approximate surface area is 224 Å². The topological polar surface area (TPSA) is 49.9 Å². The number of methoxy groups -OCH3 is 1. The van der Waals surface area contributed by atoms with E-state index in [-0.39, 0.29) is 5.97 Å². The van der Waals surface area contributed by atoms with E-state index in [0.717, 1.165) is 77.3 Å². The number of hydrogen-bond donors (Lipinski definition) is 0. The molecule has 0 aromatic carbocycles. The van der Waals surface area contributed by atoms with E-state index in [1.54, 1.807) is 0 Å². The third-order valence-corrected chi connectivity index (χ3v) is 7.10. The molecule has 1 atom stereocenters. The van der Waals surface area contributed by atoms with Gasteiger partial charge in [0, 0.05) is 25.4 Å². The molecular weight excluding hydrogens is 448 g/mol. The molecule has 0 fully saturated rings. The summed E-state index contributed by atoms with van der Waals surface area (Å²) in [5, 5.41) is 0. The van der Waals surface area contributed by atoms with Crippen LogP contribution in [0.2, 0.25) is 0 Å². The summed E-state index contributed by atoms with van der Waals surface area (Å²) in [5.74, 6) is 0.224. The van der Waals surface area contributed by atoms with E-state index < -0.39 is 0 Å². The van der Waals surface area contributed by atoms with Crippen LogP contribution in [0.3, 0.4) is 0 Å². The minimum Gasteiger partial charge on any atom is -0.469 e. The molecule has 5 nitrogen and oxygen atoms in total. The molecule has 0 rings (SSSR count). The van der Waals surface area contributed by atoms with E-state index in [2.05, 4.69) is 37.4 Å². The number of esters is 1. The van der Waals surface area contributed by atoms with Crippen LogP contribution in [0.15, 0.2) is 12.7 Å². The van der Waals surface area contributed by atoms with Crippen molar-refractivity contribution in [3.63, 3.8) is 0 Å². The quantitative estimate of drug-likeness (QED) is 0.0676. The van der Waals surface area contributed by atoms with Gasteiger partial charge >= 0.3 is 5.97 Å². The minimum absolute atomic E-state index is 0.114. The van der Waals surface area contributed by atoms with Gasteiger partial charge in [0.15, 0.2) is 0 Å². The fourth-order valence-corrected chi connectivity index (χ4v) is 4.85. The van der Waals surface area contributed by atoms with Crippen LogP contribution in [0, 0.1) is 0 Å². The second kappa shape index (κ2) is 25.3. The summed E-state index contributed by atoms with van der Waals surface area (Å²) in [6, 6.07) is 0.348. The number of hydrogen-bond acceptors (Lipinski definition) is 4. The standard InChI is InChI=1S/C31H60N2O3/c1-6-8-10-12-13-14-15-18-23-29(24-19-16-17-20-26-31(35)36-5)33(28-21-11-9-7-2)30(34)25-22-27-32(3)4/h7,29H,2,6,8-28H2,1,3-5H3. The van der Waals surface area contributed by atoms with Crippen molar-refractivity contribution in [2.45, 2.75) is 141 Å². The molecule has 0 bridgehead atoms. The number of amides is 1. The summed E-state index contributed by atoms with van der Waals surface area (Å²) in [6.07, 6.45) is 24.2. The van der Waals surface area contributed by atoms with Crippen LogP contribution in [0.5, 0.6) is 0 Å². The molecule has 0 heterocycles. The van der Waals surface area contributed by atoms with Crippen molar-refractivity contribution >= 4 is 11.9 Å². The fourth-order valence-electron chi connectivity index (χ4n) is 4.85. The number of allylic oxidation sites excluding steroid dienone is 1. The van der Waals surface area contributed by atoms with Gasteiger partial charge in [-0.1, -0.05) is 83.6 Å². The monoisotopic (exact) mass is 508 g/mol. The van der Waals surface area contributed by atoms with Gasteiger partial charge in [0.2, 0.25) is 5.91 Å². The van der Waals surface area contributed by atoms with Gasteiger partial charge in [0.1, 0.15) is 0 Å². The predicted molar refractivity (Wildman–Crippen MR) is 154 cm³/mol. The Balaban J connectivity index is 4.89. The molecule has 0 aromatic heterocycles. The molecule has 0 saturated heterocycles. The van der Waals surface area contributed by atoms with E-state index in [1.165, 1.54) is 58.5 Å². The van der Waals surface area contributed by atoms with E-state index in [0.29, 0.717) is 24.8 Å². The zero-order chi connectivity index (χ0) is 26.9. The molecule has 5 heteroatoms. The molecule has 1 unspecified atom stereocenters. The Morgan fingerprint density at radius 1 is 0.750 bits per heavy atom. The van der Waals surface area contributed by atoms with Crippen LogP contribution < -0.4 is 0 Å². The highest BCUT2D eigenvalue weighted by atomic mass is 16.5. The van der Waals surface area contributed by atoms with Gasteiger partial charge < -0.3 is 14.5 Å². The van der Waals surface area contributed by atoms with Gasteiger partial charge in [-0.05, 0) is 65.6 Å². The molecular formula is C31H60N2O3. The molecule has 0 saturated carbocycles. The predicted octanol–water partition coefficient (Wildman–Crippen LogP) is 7.93. The second-order valence-corrected chi connectivity index (χ2v) is 10.7.